The topological polar surface area (TPSA) is 63.7 Å². The molecule has 0 atom stereocenters. The summed E-state index contributed by atoms with van der Waals surface area (Å²) in [6.07, 6.45) is 3.49. The summed E-state index contributed by atoms with van der Waals surface area (Å²) < 4.78 is 11.1. The van der Waals surface area contributed by atoms with Crippen LogP contribution in [0, 0.1) is 6.92 Å². The fraction of sp³-hybridized carbons (Fsp3) is 0.368. The number of aromatic nitrogens is 1. The van der Waals surface area contributed by atoms with Gasteiger partial charge in [0.05, 0.1) is 13.3 Å². The first-order valence-electron chi connectivity index (χ1n) is 8.43. The van der Waals surface area contributed by atoms with Crippen LogP contribution in [-0.4, -0.2) is 42.2 Å². The van der Waals surface area contributed by atoms with Crippen LogP contribution in [0.15, 0.2) is 42.6 Å². The molecule has 0 unspecified atom stereocenters. The minimum atomic E-state index is -0.0828. The fourth-order valence-corrected chi connectivity index (χ4v) is 2.77. The number of piperidine rings is 1. The zero-order chi connectivity index (χ0) is 17.6. The number of nitrogens with one attached hydrogen (secondary N) is 1. The zero-order valence-corrected chi connectivity index (χ0v) is 14.6. The van der Waals surface area contributed by atoms with Crippen LogP contribution in [0.4, 0.5) is 10.5 Å². The van der Waals surface area contributed by atoms with Crippen LogP contribution in [0.3, 0.4) is 0 Å². The first-order valence-corrected chi connectivity index (χ1v) is 8.43. The van der Waals surface area contributed by atoms with Crippen molar-refractivity contribution < 1.29 is 14.3 Å². The molecule has 2 aromatic rings. The number of nitrogens with zero attached hydrogens (tertiary/aromatic N) is 2. The van der Waals surface area contributed by atoms with E-state index in [2.05, 4.69) is 10.3 Å². The SMILES string of the molecule is COc1ccc(NC(=O)N2CCC(Oc3ccc(C)nc3)CC2)cc1. The van der Waals surface area contributed by atoms with E-state index in [0.717, 1.165) is 35.7 Å². The first kappa shape index (κ1) is 17.1. The number of hydrogen-bond acceptors (Lipinski definition) is 4. The Morgan fingerprint density at radius 1 is 1.12 bits per heavy atom. The molecule has 25 heavy (non-hydrogen) atoms. The number of ether oxygens (including phenoxy) is 2. The van der Waals surface area contributed by atoms with Crippen molar-refractivity contribution in [3.05, 3.63) is 48.3 Å². The average Bonchev–Trinajstić information content (AvgIpc) is 2.65. The standard InChI is InChI=1S/C19H23N3O3/c1-14-3-6-18(13-20-14)25-17-9-11-22(12-10-17)19(23)21-15-4-7-16(24-2)8-5-15/h3-8,13,17H,9-12H2,1-2H3,(H,21,23). The quantitative estimate of drug-likeness (QED) is 0.925. The number of rotatable bonds is 4. The number of urea groups is 1. The van der Waals surface area contributed by atoms with Gasteiger partial charge in [-0.15, -0.1) is 0 Å². The number of hydrogen-bond donors (Lipinski definition) is 1. The highest BCUT2D eigenvalue weighted by Crippen LogP contribution is 2.20. The van der Waals surface area contributed by atoms with E-state index in [1.54, 1.807) is 13.3 Å². The Labute approximate surface area is 147 Å². The monoisotopic (exact) mass is 341 g/mol. The second-order valence-corrected chi connectivity index (χ2v) is 6.10. The molecule has 6 heteroatoms. The van der Waals surface area contributed by atoms with Gasteiger partial charge >= 0.3 is 6.03 Å². The van der Waals surface area contributed by atoms with E-state index in [1.165, 1.54) is 0 Å². The molecule has 0 radical (unpaired) electrons. The molecule has 0 aliphatic carbocycles. The van der Waals surface area contributed by atoms with Crippen LogP contribution in [0.1, 0.15) is 18.5 Å². The number of aryl methyl sites for hydroxylation is 1. The van der Waals surface area contributed by atoms with Crippen LogP contribution < -0.4 is 14.8 Å². The van der Waals surface area contributed by atoms with Crippen molar-refractivity contribution in [3.8, 4) is 11.5 Å². The normalized spacial score (nSPS) is 14.9. The van der Waals surface area contributed by atoms with E-state index in [0.29, 0.717) is 13.1 Å². The van der Waals surface area contributed by atoms with Gasteiger partial charge in [-0.1, -0.05) is 0 Å². The van der Waals surface area contributed by atoms with E-state index < -0.39 is 0 Å². The van der Waals surface area contributed by atoms with Crippen molar-refractivity contribution >= 4 is 11.7 Å². The molecular weight excluding hydrogens is 318 g/mol. The van der Waals surface area contributed by atoms with E-state index >= 15 is 0 Å². The summed E-state index contributed by atoms with van der Waals surface area (Å²) in [5, 5.41) is 2.91. The summed E-state index contributed by atoms with van der Waals surface area (Å²) >= 11 is 0. The molecule has 2 heterocycles. The van der Waals surface area contributed by atoms with Crippen LogP contribution >= 0.6 is 0 Å². The molecule has 1 N–H and O–H groups in total. The van der Waals surface area contributed by atoms with Crippen LogP contribution in [0.2, 0.25) is 0 Å². The van der Waals surface area contributed by atoms with Gasteiger partial charge in [0.25, 0.3) is 0 Å². The number of benzene rings is 1. The Bertz CT molecular complexity index is 693. The number of pyridine rings is 1. The highest BCUT2D eigenvalue weighted by atomic mass is 16.5. The minimum Gasteiger partial charge on any atom is -0.497 e. The molecule has 0 saturated carbocycles. The highest BCUT2D eigenvalue weighted by molar-refractivity contribution is 5.89. The zero-order valence-electron chi connectivity index (χ0n) is 14.6. The highest BCUT2D eigenvalue weighted by Gasteiger charge is 2.24. The van der Waals surface area contributed by atoms with Crippen molar-refractivity contribution in [2.24, 2.45) is 0 Å². The lowest BCUT2D eigenvalue weighted by Crippen LogP contribution is -2.43. The van der Waals surface area contributed by atoms with Gasteiger partial charge in [-0.05, 0) is 43.3 Å². The predicted molar refractivity (Wildman–Crippen MR) is 96.2 cm³/mol. The van der Waals surface area contributed by atoms with Gasteiger partial charge in [-0.25, -0.2) is 4.79 Å². The van der Waals surface area contributed by atoms with Gasteiger partial charge in [0, 0.05) is 37.3 Å². The smallest absolute Gasteiger partial charge is 0.321 e. The second kappa shape index (κ2) is 7.88. The lowest BCUT2D eigenvalue weighted by Gasteiger charge is -2.32. The third-order valence-electron chi connectivity index (χ3n) is 4.26. The molecule has 1 aromatic carbocycles. The number of carbonyl (C=O) groups excluding carboxylic acids is 1. The summed E-state index contributed by atoms with van der Waals surface area (Å²) in [4.78, 5) is 18.4. The maximum Gasteiger partial charge on any atom is 0.321 e. The number of anilines is 1. The third-order valence-corrected chi connectivity index (χ3v) is 4.26. The van der Waals surface area contributed by atoms with Gasteiger partial charge in [0.1, 0.15) is 17.6 Å². The van der Waals surface area contributed by atoms with Crippen molar-refractivity contribution in [1.29, 1.82) is 0 Å². The Balaban J connectivity index is 1.47. The Morgan fingerprint density at radius 3 is 2.40 bits per heavy atom. The molecule has 1 saturated heterocycles. The van der Waals surface area contributed by atoms with Crippen LogP contribution in [0.25, 0.3) is 0 Å². The Kier molecular flexibility index (Phi) is 5.38. The summed E-state index contributed by atoms with van der Waals surface area (Å²) in [5.74, 6) is 1.55. The third kappa shape index (κ3) is 4.62. The summed E-state index contributed by atoms with van der Waals surface area (Å²) in [7, 11) is 1.62. The van der Waals surface area contributed by atoms with Gasteiger partial charge in [-0.3, -0.25) is 4.98 Å². The first-order chi connectivity index (χ1) is 12.1. The lowest BCUT2D eigenvalue weighted by atomic mass is 10.1. The van der Waals surface area contributed by atoms with Crippen LogP contribution in [0.5, 0.6) is 11.5 Å². The number of carbonyl (C=O) groups is 1. The molecule has 1 aromatic heterocycles. The van der Waals surface area contributed by atoms with Gasteiger partial charge in [-0.2, -0.15) is 0 Å². The molecule has 2 amide bonds. The Hall–Kier alpha value is -2.76. The molecule has 0 bridgehead atoms. The molecule has 132 valence electrons. The molecule has 1 aliphatic rings. The molecule has 3 rings (SSSR count). The number of methoxy groups -OCH3 is 1. The van der Waals surface area contributed by atoms with E-state index in [1.807, 2.05) is 48.2 Å². The van der Waals surface area contributed by atoms with Crippen LogP contribution in [-0.2, 0) is 0 Å². The average molecular weight is 341 g/mol. The second-order valence-electron chi connectivity index (χ2n) is 6.10. The maximum absolute atomic E-state index is 12.4. The van der Waals surface area contributed by atoms with Crippen molar-refractivity contribution in [2.75, 3.05) is 25.5 Å². The molecule has 0 spiro atoms. The van der Waals surface area contributed by atoms with E-state index in [9.17, 15) is 4.79 Å². The number of likely N-dealkylation sites (tertiary alicyclic amines) is 1. The molecule has 6 nitrogen and oxygen atoms in total. The van der Waals surface area contributed by atoms with E-state index in [-0.39, 0.29) is 12.1 Å². The predicted octanol–water partition coefficient (Wildman–Crippen LogP) is 3.47. The number of amides is 2. The molecular formula is C19H23N3O3. The van der Waals surface area contributed by atoms with Gasteiger partial charge in [0.15, 0.2) is 0 Å². The van der Waals surface area contributed by atoms with E-state index in [4.69, 9.17) is 9.47 Å². The summed E-state index contributed by atoms with van der Waals surface area (Å²) in [6.45, 7) is 3.29. The van der Waals surface area contributed by atoms with Gasteiger partial charge in [0.2, 0.25) is 0 Å². The summed E-state index contributed by atoms with van der Waals surface area (Å²) in [6, 6.07) is 11.1. The molecule has 1 fully saturated rings. The lowest BCUT2D eigenvalue weighted by molar-refractivity contribution is 0.115. The minimum absolute atomic E-state index is 0.0828. The largest absolute Gasteiger partial charge is 0.497 e. The summed E-state index contributed by atoms with van der Waals surface area (Å²) in [5.41, 5.74) is 1.73. The fourth-order valence-electron chi connectivity index (χ4n) is 2.77. The van der Waals surface area contributed by atoms with Crippen molar-refractivity contribution in [2.45, 2.75) is 25.9 Å². The van der Waals surface area contributed by atoms with Gasteiger partial charge < -0.3 is 19.7 Å². The Morgan fingerprint density at radius 2 is 1.80 bits per heavy atom. The van der Waals surface area contributed by atoms with Crippen molar-refractivity contribution in [1.82, 2.24) is 9.88 Å². The van der Waals surface area contributed by atoms with Crippen molar-refractivity contribution in [3.63, 3.8) is 0 Å². The maximum atomic E-state index is 12.4. The molecule has 1 aliphatic heterocycles.